The lowest BCUT2D eigenvalue weighted by Gasteiger charge is -2.09. The summed E-state index contributed by atoms with van der Waals surface area (Å²) in [6.07, 6.45) is 0. The third-order valence-corrected chi connectivity index (χ3v) is 5.79. The zero-order valence-corrected chi connectivity index (χ0v) is 18.3. The minimum atomic E-state index is -0.346. The van der Waals surface area contributed by atoms with Gasteiger partial charge in [0.1, 0.15) is 16.9 Å². The molecule has 0 fully saturated rings. The van der Waals surface area contributed by atoms with Gasteiger partial charge in [0, 0.05) is 10.7 Å². The molecule has 0 saturated heterocycles. The van der Waals surface area contributed by atoms with E-state index < -0.39 is 0 Å². The molecule has 7 heteroatoms. The van der Waals surface area contributed by atoms with Crippen LogP contribution in [0.25, 0.3) is 27.9 Å². The van der Waals surface area contributed by atoms with Crippen molar-refractivity contribution in [3.63, 3.8) is 0 Å². The first kappa shape index (κ1) is 20.0. The number of hydrogen-bond donors (Lipinski definition) is 2. The summed E-state index contributed by atoms with van der Waals surface area (Å²) in [7, 11) is 0. The van der Waals surface area contributed by atoms with Gasteiger partial charge in [0.25, 0.3) is 5.91 Å². The van der Waals surface area contributed by atoms with Crippen LogP contribution in [-0.4, -0.2) is 20.4 Å². The third-order valence-electron chi connectivity index (χ3n) is 5.56. The summed E-state index contributed by atoms with van der Waals surface area (Å²) >= 11 is 6.23. The molecule has 3 aromatic carbocycles. The zero-order valence-electron chi connectivity index (χ0n) is 17.6. The van der Waals surface area contributed by atoms with Gasteiger partial charge in [-0.3, -0.25) is 9.36 Å². The highest BCUT2D eigenvalue weighted by atomic mass is 35.5. The summed E-state index contributed by atoms with van der Waals surface area (Å²) in [5.41, 5.74) is 12.8. The molecule has 0 atom stereocenters. The van der Waals surface area contributed by atoms with Crippen molar-refractivity contribution >= 4 is 51.2 Å². The number of para-hydroxylation sites is 2. The predicted molar refractivity (Wildman–Crippen MR) is 130 cm³/mol. The number of nitrogens with zero attached hydrogens (tertiary/aromatic N) is 3. The highest BCUT2D eigenvalue weighted by Crippen LogP contribution is 2.32. The van der Waals surface area contributed by atoms with Gasteiger partial charge in [-0.05, 0) is 67.4 Å². The van der Waals surface area contributed by atoms with Crippen molar-refractivity contribution < 1.29 is 4.79 Å². The van der Waals surface area contributed by atoms with Crippen LogP contribution in [0.3, 0.4) is 0 Å². The topological polar surface area (TPSA) is 85.8 Å². The largest absolute Gasteiger partial charge is 0.384 e. The van der Waals surface area contributed by atoms with E-state index in [1.165, 1.54) is 0 Å². The molecule has 0 aliphatic rings. The Morgan fingerprint density at radius 3 is 2.41 bits per heavy atom. The number of nitrogens with one attached hydrogen (secondary N) is 1. The van der Waals surface area contributed by atoms with E-state index in [2.05, 4.69) is 5.32 Å². The van der Waals surface area contributed by atoms with Crippen LogP contribution in [0.15, 0.2) is 66.7 Å². The molecule has 3 N–H and O–H groups in total. The van der Waals surface area contributed by atoms with Crippen molar-refractivity contribution in [2.75, 3.05) is 11.1 Å². The number of anilines is 2. The highest BCUT2D eigenvalue weighted by Gasteiger charge is 2.25. The second kappa shape index (κ2) is 7.66. The van der Waals surface area contributed by atoms with E-state index in [1.54, 1.807) is 16.7 Å². The minimum Gasteiger partial charge on any atom is -0.384 e. The predicted octanol–water partition coefficient (Wildman–Crippen LogP) is 5.68. The number of carbonyl (C=O) groups excluding carboxylic acids is 1. The summed E-state index contributed by atoms with van der Waals surface area (Å²) in [5, 5.41) is 3.51. The number of benzene rings is 3. The van der Waals surface area contributed by atoms with Crippen molar-refractivity contribution in [1.82, 2.24) is 14.5 Å². The van der Waals surface area contributed by atoms with Gasteiger partial charge < -0.3 is 11.1 Å². The first-order valence-electron chi connectivity index (χ1n) is 10.1. The first-order valence-corrected chi connectivity index (χ1v) is 10.5. The minimum absolute atomic E-state index is 0.249. The maximum Gasteiger partial charge on any atom is 0.261 e. The maximum absolute atomic E-state index is 13.4. The van der Waals surface area contributed by atoms with Gasteiger partial charge in [-0.25, -0.2) is 9.97 Å². The standard InChI is InChI=1S/C25H20ClN5O/c1-14-10-11-17(12-15(14)2)28-25(32)21-22-24(30-20-9-4-3-8-19(20)29-22)31(23(21)27)18-7-5-6-16(26)13-18/h3-13H,27H2,1-2H3,(H,28,32). The number of amides is 1. The fourth-order valence-electron chi connectivity index (χ4n) is 3.77. The number of halogens is 1. The smallest absolute Gasteiger partial charge is 0.261 e. The maximum atomic E-state index is 13.4. The van der Waals surface area contributed by atoms with E-state index in [1.807, 2.05) is 68.4 Å². The Balaban J connectivity index is 1.74. The van der Waals surface area contributed by atoms with E-state index in [-0.39, 0.29) is 17.3 Å². The molecule has 2 heterocycles. The Hall–Kier alpha value is -3.90. The van der Waals surface area contributed by atoms with Gasteiger partial charge >= 0.3 is 0 Å². The molecule has 0 aliphatic heterocycles. The molecule has 5 aromatic rings. The van der Waals surface area contributed by atoms with Gasteiger partial charge in [0.05, 0.1) is 16.7 Å². The average Bonchev–Trinajstić information content (AvgIpc) is 3.05. The lowest BCUT2D eigenvalue weighted by Crippen LogP contribution is -2.14. The van der Waals surface area contributed by atoms with E-state index in [4.69, 9.17) is 27.3 Å². The molecule has 1 amide bonds. The van der Waals surface area contributed by atoms with Gasteiger partial charge in [-0.15, -0.1) is 0 Å². The number of nitrogen functional groups attached to an aromatic ring is 1. The monoisotopic (exact) mass is 441 g/mol. The van der Waals surface area contributed by atoms with Gasteiger partial charge in [-0.1, -0.05) is 35.9 Å². The highest BCUT2D eigenvalue weighted by molar-refractivity contribution is 6.30. The van der Waals surface area contributed by atoms with Crippen molar-refractivity contribution in [2.24, 2.45) is 0 Å². The van der Waals surface area contributed by atoms with Crippen LogP contribution < -0.4 is 11.1 Å². The Labute approximate surface area is 189 Å². The van der Waals surface area contributed by atoms with Crippen LogP contribution in [-0.2, 0) is 0 Å². The zero-order chi connectivity index (χ0) is 22.4. The lowest BCUT2D eigenvalue weighted by atomic mass is 10.1. The average molecular weight is 442 g/mol. The second-order valence-electron chi connectivity index (χ2n) is 7.71. The number of aromatic nitrogens is 3. The quantitative estimate of drug-likeness (QED) is 0.377. The van der Waals surface area contributed by atoms with Crippen molar-refractivity contribution in [1.29, 1.82) is 0 Å². The van der Waals surface area contributed by atoms with Crippen LogP contribution in [0.2, 0.25) is 5.02 Å². The number of carbonyl (C=O) groups is 1. The Morgan fingerprint density at radius 1 is 0.938 bits per heavy atom. The molecule has 158 valence electrons. The van der Waals surface area contributed by atoms with Crippen LogP contribution in [0.4, 0.5) is 11.5 Å². The number of fused-ring (bicyclic) bond motifs is 2. The molecule has 6 nitrogen and oxygen atoms in total. The Bertz CT molecular complexity index is 1520. The van der Waals surface area contributed by atoms with Crippen molar-refractivity contribution in [3.05, 3.63) is 88.4 Å². The molecule has 0 unspecified atom stereocenters. The van der Waals surface area contributed by atoms with Crippen LogP contribution in [0.5, 0.6) is 0 Å². The molecule has 2 aromatic heterocycles. The molecular weight excluding hydrogens is 422 g/mol. The number of nitrogens with two attached hydrogens (primary N) is 1. The molecule has 32 heavy (non-hydrogen) atoms. The fourth-order valence-corrected chi connectivity index (χ4v) is 3.96. The Kier molecular flexibility index (Phi) is 4.79. The second-order valence-corrected chi connectivity index (χ2v) is 8.15. The summed E-state index contributed by atoms with van der Waals surface area (Å²) in [4.78, 5) is 22.9. The SMILES string of the molecule is Cc1ccc(NC(=O)c2c(N)n(-c3cccc(Cl)c3)c3nc4ccccc4nc23)cc1C. The summed E-state index contributed by atoms with van der Waals surface area (Å²) in [6, 6.07) is 20.5. The van der Waals surface area contributed by atoms with Crippen molar-refractivity contribution in [2.45, 2.75) is 13.8 Å². The third kappa shape index (κ3) is 3.35. The lowest BCUT2D eigenvalue weighted by molar-refractivity contribution is 0.102. The summed E-state index contributed by atoms with van der Waals surface area (Å²) in [6.45, 7) is 4.03. The van der Waals surface area contributed by atoms with Gasteiger partial charge in [0.15, 0.2) is 5.65 Å². The molecule has 5 rings (SSSR count). The van der Waals surface area contributed by atoms with Gasteiger partial charge in [0.2, 0.25) is 0 Å². The Morgan fingerprint density at radius 2 is 1.69 bits per heavy atom. The van der Waals surface area contributed by atoms with E-state index in [0.29, 0.717) is 38.6 Å². The number of aryl methyl sites for hydroxylation is 2. The number of rotatable bonds is 3. The van der Waals surface area contributed by atoms with Crippen LogP contribution in [0, 0.1) is 13.8 Å². The molecule has 0 saturated carbocycles. The molecular formula is C25H20ClN5O. The van der Waals surface area contributed by atoms with E-state index in [9.17, 15) is 4.79 Å². The number of hydrogen-bond acceptors (Lipinski definition) is 4. The van der Waals surface area contributed by atoms with Crippen LogP contribution in [0.1, 0.15) is 21.5 Å². The summed E-state index contributed by atoms with van der Waals surface area (Å²) in [5.74, 6) is -0.0972. The molecule has 0 spiro atoms. The van der Waals surface area contributed by atoms with Crippen LogP contribution >= 0.6 is 11.6 Å². The molecule has 0 radical (unpaired) electrons. The first-order chi connectivity index (χ1) is 15.4. The normalized spacial score (nSPS) is 11.2. The van der Waals surface area contributed by atoms with Crippen molar-refractivity contribution in [3.8, 4) is 5.69 Å². The van der Waals surface area contributed by atoms with E-state index in [0.717, 1.165) is 11.1 Å². The molecule has 0 aliphatic carbocycles. The summed E-state index contributed by atoms with van der Waals surface area (Å²) < 4.78 is 1.72. The fraction of sp³-hybridized carbons (Fsp3) is 0.0800. The van der Waals surface area contributed by atoms with Gasteiger partial charge in [-0.2, -0.15) is 0 Å². The van der Waals surface area contributed by atoms with E-state index >= 15 is 0 Å². The molecule has 0 bridgehead atoms.